The van der Waals surface area contributed by atoms with Gasteiger partial charge in [-0.1, -0.05) is 36.4 Å². The van der Waals surface area contributed by atoms with Crippen LogP contribution in [0.25, 0.3) is 10.9 Å². The SMILES string of the molecule is NCC1c2ccccc2CCN1c1snc2ccccc12. The van der Waals surface area contributed by atoms with Crippen molar-refractivity contribution in [2.45, 2.75) is 12.5 Å². The summed E-state index contributed by atoms with van der Waals surface area (Å²) in [5, 5.41) is 2.48. The fourth-order valence-corrected chi connectivity index (χ4v) is 4.17. The van der Waals surface area contributed by atoms with Crippen molar-refractivity contribution in [2.75, 3.05) is 18.0 Å². The molecule has 2 aromatic carbocycles. The zero-order chi connectivity index (χ0) is 14.2. The maximum atomic E-state index is 6.10. The Labute approximate surface area is 128 Å². The normalized spacial score (nSPS) is 18.0. The van der Waals surface area contributed by atoms with Gasteiger partial charge < -0.3 is 10.6 Å². The molecule has 1 aliphatic heterocycles. The van der Waals surface area contributed by atoms with Crippen LogP contribution in [0, 0.1) is 0 Å². The maximum Gasteiger partial charge on any atom is 0.120 e. The van der Waals surface area contributed by atoms with E-state index in [0.29, 0.717) is 6.54 Å². The molecule has 0 saturated carbocycles. The van der Waals surface area contributed by atoms with E-state index in [2.05, 4.69) is 51.7 Å². The smallest absolute Gasteiger partial charge is 0.120 e. The first kappa shape index (κ1) is 12.8. The molecule has 21 heavy (non-hydrogen) atoms. The molecule has 0 amide bonds. The first-order chi connectivity index (χ1) is 10.4. The third-order valence-electron chi connectivity index (χ3n) is 4.26. The number of nitrogens with zero attached hydrogens (tertiary/aromatic N) is 2. The van der Waals surface area contributed by atoms with Gasteiger partial charge in [0.15, 0.2) is 0 Å². The highest BCUT2D eigenvalue weighted by Crippen LogP contribution is 2.39. The molecule has 0 aliphatic carbocycles. The van der Waals surface area contributed by atoms with E-state index >= 15 is 0 Å². The van der Waals surface area contributed by atoms with Crippen LogP contribution in [0.3, 0.4) is 0 Å². The second kappa shape index (κ2) is 5.13. The van der Waals surface area contributed by atoms with Crippen molar-refractivity contribution < 1.29 is 0 Å². The summed E-state index contributed by atoms with van der Waals surface area (Å²) >= 11 is 1.58. The molecule has 1 aromatic heterocycles. The van der Waals surface area contributed by atoms with E-state index in [0.717, 1.165) is 18.5 Å². The molecule has 0 spiro atoms. The third kappa shape index (κ3) is 2.03. The zero-order valence-corrected chi connectivity index (χ0v) is 12.5. The largest absolute Gasteiger partial charge is 0.353 e. The van der Waals surface area contributed by atoms with E-state index in [9.17, 15) is 0 Å². The molecule has 3 nitrogen and oxygen atoms in total. The Morgan fingerprint density at radius 3 is 2.86 bits per heavy atom. The molecule has 1 atom stereocenters. The van der Waals surface area contributed by atoms with Crippen LogP contribution >= 0.6 is 11.5 Å². The number of hydrogen-bond acceptors (Lipinski definition) is 4. The monoisotopic (exact) mass is 295 g/mol. The summed E-state index contributed by atoms with van der Waals surface area (Å²) in [6.45, 7) is 1.63. The number of aromatic nitrogens is 1. The molecule has 0 fully saturated rings. The van der Waals surface area contributed by atoms with Gasteiger partial charge in [-0.15, -0.1) is 0 Å². The van der Waals surface area contributed by atoms with Crippen LogP contribution in [-0.2, 0) is 6.42 Å². The van der Waals surface area contributed by atoms with Crippen LogP contribution in [-0.4, -0.2) is 17.5 Å². The van der Waals surface area contributed by atoms with Crippen LogP contribution in [0.4, 0.5) is 5.00 Å². The summed E-state index contributed by atoms with van der Waals surface area (Å²) in [4.78, 5) is 2.43. The summed E-state index contributed by atoms with van der Waals surface area (Å²) < 4.78 is 4.58. The van der Waals surface area contributed by atoms with Gasteiger partial charge in [-0.25, -0.2) is 0 Å². The highest BCUT2D eigenvalue weighted by atomic mass is 32.1. The van der Waals surface area contributed by atoms with Crippen molar-refractivity contribution in [3.63, 3.8) is 0 Å². The van der Waals surface area contributed by atoms with Gasteiger partial charge in [0.1, 0.15) is 5.00 Å². The predicted molar refractivity (Wildman–Crippen MR) is 88.9 cm³/mol. The molecule has 2 heterocycles. The van der Waals surface area contributed by atoms with Gasteiger partial charge in [-0.05, 0) is 41.2 Å². The number of nitrogens with two attached hydrogens (primary N) is 1. The van der Waals surface area contributed by atoms with Crippen molar-refractivity contribution >= 4 is 27.4 Å². The molecular formula is C17H17N3S. The van der Waals surface area contributed by atoms with E-state index in [1.165, 1.54) is 21.5 Å². The van der Waals surface area contributed by atoms with Crippen molar-refractivity contribution in [3.8, 4) is 0 Å². The minimum atomic E-state index is 0.249. The van der Waals surface area contributed by atoms with Gasteiger partial charge in [-0.2, -0.15) is 4.37 Å². The molecule has 4 heteroatoms. The Morgan fingerprint density at radius 1 is 1.14 bits per heavy atom. The van der Waals surface area contributed by atoms with E-state index in [4.69, 9.17) is 5.73 Å². The van der Waals surface area contributed by atoms with Gasteiger partial charge in [0.25, 0.3) is 0 Å². The number of hydrogen-bond donors (Lipinski definition) is 1. The number of fused-ring (bicyclic) bond motifs is 2. The first-order valence-electron chi connectivity index (χ1n) is 7.27. The summed E-state index contributed by atoms with van der Waals surface area (Å²) in [5.41, 5.74) is 9.97. The fourth-order valence-electron chi connectivity index (χ4n) is 3.23. The Hall–Kier alpha value is -1.91. The van der Waals surface area contributed by atoms with Crippen molar-refractivity contribution in [2.24, 2.45) is 5.73 Å². The lowest BCUT2D eigenvalue weighted by atomic mass is 9.92. The average molecular weight is 295 g/mol. The van der Waals surface area contributed by atoms with Gasteiger partial charge >= 0.3 is 0 Å². The van der Waals surface area contributed by atoms with Crippen molar-refractivity contribution in [1.82, 2.24) is 4.37 Å². The van der Waals surface area contributed by atoms with E-state index in [-0.39, 0.29) is 6.04 Å². The van der Waals surface area contributed by atoms with E-state index in [1.54, 1.807) is 11.5 Å². The van der Waals surface area contributed by atoms with Crippen molar-refractivity contribution in [3.05, 3.63) is 59.7 Å². The van der Waals surface area contributed by atoms with Gasteiger partial charge in [-0.3, -0.25) is 0 Å². The number of benzene rings is 2. The molecule has 1 aliphatic rings. The summed E-state index contributed by atoms with van der Waals surface area (Å²) in [5.74, 6) is 0. The Balaban J connectivity index is 1.82. The molecule has 0 radical (unpaired) electrons. The summed E-state index contributed by atoms with van der Waals surface area (Å²) in [6.07, 6.45) is 1.07. The van der Waals surface area contributed by atoms with Crippen LogP contribution in [0.1, 0.15) is 17.2 Å². The lowest BCUT2D eigenvalue weighted by molar-refractivity contribution is 0.596. The minimum absolute atomic E-state index is 0.249. The van der Waals surface area contributed by atoms with Crippen LogP contribution in [0.15, 0.2) is 48.5 Å². The molecule has 2 N–H and O–H groups in total. The first-order valence-corrected chi connectivity index (χ1v) is 8.05. The van der Waals surface area contributed by atoms with Gasteiger partial charge in [0.2, 0.25) is 0 Å². The predicted octanol–water partition coefficient (Wildman–Crippen LogP) is 3.36. The van der Waals surface area contributed by atoms with E-state index < -0.39 is 0 Å². The fraction of sp³-hybridized carbons (Fsp3) is 0.235. The molecule has 4 rings (SSSR count). The van der Waals surface area contributed by atoms with Crippen molar-refractivity contribution in [1.29, 1.82) is 0 Å². The van der Waals surface area contributed by atoms with E-state index in [1.807, 2.05) is 6.07 Å². The average Bonchev–Trinajstić information content (AvgIpc) is 2.97. The minimum Gasteiger partial charge on any atom is -0.353 e. The van der Waals surface area contributed by atoms with Crippen LogP contribution in [0.5, 0.6) is 0 Å². The topological polar surface area (TPSA) is 42.1 Å². The Kier molecular flexibility index (Phi) is 3.13. The Morgan fingerprint density at radius 2 is 1.95 bits per heavy atom. The van der Waals surface area contributed by atoms with Gasteiger partial charge in [0, 0.05) is 18.5 Å². The standard InChI is InChI=1S/C17H17N3S/c18-11-16-13-6-2-1-5-12(13)9-10-20(16)17-14-7-3-4-8-15(14)19-21-17/h1-8,16H,9-11,18H2. The molecular weight excluding hydrogens is 278 g/mol. The molecule has 3 aromatic rings. The van der Waals surface area contributed by atoms with Crippen LogP contribution in [0.2, 0.25) is 0 Å². The summed E-state index contributed by atoms with van der Waals surface area (Å²) in [6, 6.07) is 17.3. The lowest BCUT2D eigenvalue weighted by Gasteiger charge is -2.37. The zero-order valence-electron chi connectivity index (χ0n) is 11.7. The lowest BCUT2D eigenvalue weighted by Crippen LogP contribution is -2.39. The maximum absolute atomic E-state index is 6.10. The second-order valence-electron chi connectivity index (χ2n) is 5.40. The quantitative estimate of drug-likeness (QED) is 0.788. The third-order valence-corrected chi connectivity index (χ3v) is 5.18. The number of rotatable bonds is 2. The highest BCUT2D eigenvalue weighted by Gasteiger charge is 2.28. The molecule has 1 unspecified atom stereocenters. The Bertz CT molecular complexity index is 780. The van der Waals surface area contributed by atoms with Crippen LogP contribution < -0.4 is 10.6 Å². The van der Waals surface area contributed by atoms with Gasteiger partial charge in [0.05, 0.1) is 11.6 Å². The molecule has 0 saturated heterocycles. The number of anilines is 1. The second-order valence-corrected chi connectivity index (χ2v) is 6.15. The highest BCUT2D eigenvalue weighted by molar-refractivity contribution is 7.11. The molecule has 0 bridgehead atoms. The molecule has 106 valence electrons. The summed E-state index contributed by atoms with van der Waals surface area (Å²) in [7, 11) is 0.